The van der Waals surface area contributed by atoms with Gasteiger partial charge in [0.05, 0.1) is 0 Å². The lowest BCUT2D eigenvalue weighted by Gasteiger charge is -2.30. The van der Waals surface area contributed by atoms with Crippen molar-refractivity contribution in [1.29, 1.82) is 0 Å². The smallest absolute Gasteiger partial charge is 0.269 e. The van der Waals surface area contributed by atoms with Crippen LogP contribution in [0.2, 0.25) is 0 Å². The molecule has 2 aliphatic rings. The molecule has 3 amide bonds. The standard InChI is InChI=1S/C15H16ClN4O2/c1-9-6-4-5-7-10(9)8-20-11-12(17-14(20)16)18(2)15(22)19(3)13(11)21/h4-7,11H,8H2,1-3H3/q+1. The highest BCUT2D eigenvalue weighted by molar-refractivity contribution is 6.65. The highest BCUT2D eigenvalue weighted by Gasteiger charge is 2.52. The van der Waals surface area contributed by atoms with E-state index in [1.165, 1.54) is 11.9 Å². The minimum Gasteiger partial charge on any atom is -0.269 e. The van der Waals surface area contributed by atoms with Crippen LogP contribution < -0.4 is 0 Å². The van der Waals surface area contributed by atoms with Crippen molar-refractivity contribution >= 4 is 34.7 Å². The van der Waals surface area contributed by atoms with Gasteiger partial charge in [-0.05, 0) is 23.0 Å². The van der Waals surface area contributed by atoms with Gasteiger partial charge in [0, 0.05) is 25.7 Å². The number of amidine groups is 2. The van der Waals surface area contributed by atoms with Crippen molar-refractivity contribution in [2.75, 3.05) is 14.1 Å². The third-order valence-corrected chi connectivity index (χ3v) is 4.39. The Balaban J connectivity index is 1.98. The largest absolute Gasteiger partial charge is 0.394 e. The van der Waals surface area contributed by atoms with Gasteiger partial charge < -0.3 is 0 Å². The van der Waals surface area contributed by atoms with Crippen LogP contribution in [0.1, 0.15) is 11.1 Å². The first-order chi connectivity index (χ1) is 10.4. The van der Waals surface area contributed by atoms with Gasteiger partial charge in [0.2, 0.25) is 0 Å². The highest BCUT2D eigenvalue weighted by atomic mass is 35.5. The molecule has 1 fully saturated rings. The van der Waals surface area contributed by atoms with Gasteiger partial charge in [-0.15, -0.1) is 0 Å². The van der Waals surface area contributed by atoms with Gasteiger partial charge in [0.25, 0.3) is 17.8 Å². The van der Waals surface area contributed by atoms with Crippen molar-refractivity contribution < 1.29 is 14.2 Å². The molecule has 2 aliphatic heterocycles. The average Bonchev–Trinajstić information content (AvgIpc) is 2.82. The van der Waals surface area contributed by atoms with Gasteiger partial charge >= 0.3 is 11.3 Å². The molecule has 0 spiro atoms. The molecule has 1 aromatic carbocycles. The number of benzene rings is 1. The lowest BCUT2D eigenvalue weighted by atomic mass is 10.1. The Morgan fingerprint density at radius 3 is 2.59 bits per heavy atom. The van der Waals surface area contributed by atoms with E-state index in [1.54, 1.807) is 11.6 Å². The van der Waals surface area contributed by atoms with Crippen molar-refractivity contribution in [3.8, 4) is 0 Å². The third kappa shape index (κ3) is 2.11. The predicted octanol–water partition coefficient (Wildman–Crippen LogP) is 1.41. The van der Waals surface area contributed by atoms with E-state index >= 15 is 0 Å². The maximum Gasteiger partial charge on any atom is 0.394 e. The second-order valence-corrected chi connectivity index (χ2v) is 5.77. The summed E-state index contributed by atoms with van der Waals surface area (Å²) >= 11 is 6.23. The van der Waals surface area contributed by atoms with E-state index in [-0.39, 0.29) is 11.2 Å². The molecule has 0 bridgehead atoms. The van der Waals surface area contributed by atoms with Crippen molar-refractivity contribution in [2.24, 2.45) is 4.99 Å². The molecule has 2 heterocycles. The van der Waals surface area contributed by atoms with Gasteiger partial charge in [-0.3, -0.25) is 14.6 Å². The van der Waals surface area contributed by atoms with Crippen LogP contribution in [-0.2, 0) is 11.3 Å². The molecule has 0 radical (unpaired) electrons. The number of amides is 3. The predicted molar refractivity (Wildman–Crippen MR) is 83.2 cm³/mol. The summed E-state index contributed by atoms with van der Waals surface area (Å²) in [5.74, 6) is 0.0674. The molecule has 1 saturated heterocycles. The molecule has 1 aromatic rings. The molecule has 114 valence electrons. The summed E-state index contributed by atoms with van der Waals surface area (Å²) in [5.41, 5.74) is 2.17. The maximum absolute atomic E-state index is 12.5. The lowest BCUT2D eigenvalue weighted by molar-refractivity contribution is -0.549. The molecule has 6 nitrogen and oxygen atoms in total. The number of halogens is 1. The van der Waals surface area contributed by atoms with Gasteiger partial charge in [-0.25, -0.2) is 9.37 Å². The summed E-state index contributed by atoms with van der Waals surface area (Å²) in [6.45, 7) is 2.47. The second kappa shape index (κ2) is 5.21. The number of carbonyl (C=O) groups is 2. The molecular weight excluding hydrogens is 304 g/mol. The minimum atomic E-state index is -0.653. The molecule has 1 unspecified atom stereocenters. The first-order valence-corrected chi connectivity index (χ1v) is 7.27. The Morgan fingerprint density at radius 1 is 1.23 bits per heavy atom. The summed E-state index contributed by atoms with van der Waals surface area (Å²) in [7, 11) is 3.06. The monoisotopic (exact) mass is 319 g/mol. The van der Waals surface area contributed by atoms with E-state index < -0.39 is 12.1 Å². The molecule has 0 aliphatic carbocycles. The Kier molecular flexibility index (Phi) is 3.48. The third-order valence-electron chi connectivity index (χ3n) is 4.08. The number of carbonyl (C=O) groups excluding carboxylic acids is 2. The number of nitrogens with zero attached hydrogens (tertiary/aromatic N) is 4. The number of fused-ring (bicyclic) bond motifs is 1. The number of likely N-dealkylation sites (N-methyl/N-ethyl adjacent to an activating group) is 2. The summed E-state index contributed by atoms with van der Waals surface area (Å²) in [6.07, 6.45) is 0. The summed E-state index contributed by atoms with van der Waals surface area (Å²) in [5, 5.41) is 0.228. The topological polar surface area (TPSA) is 56.0 Å². The zero-order valence-corrected chi connectivity index (χ0v) is 13.3. The van der Waals surface area contributed by atoms with Crippen LogP contribution in [0.25, 0.3) is 0 Å². The quantitative estimate of drug-likeness (QED) is 0.611. The van der Waals surface area contributed by atoms with Crippen LogP contribution in [0, 0.1) is 6.92 Å². The maximum atomic E-state index is 12.5. The van der Waals surface area contributed by atoms with E-state index in [0.29, 0.717) is 12.4 Å². The molecule has 7 heteroatoms. The fraction of sp³-hybridized carbons (Fsp3) is 0.333. The van der Waals surface area contributed by atoms with Crippen molar-refractivity contribution in [1.82, 2.24) is 9.80 Å². The molecule has 0 N–H and O–H groups in total. The van der Waals surface area contributed by atoms with E-state index in [9.17, 15) is 9.59 Å². The second-order valence-electron chi connectivity index (χ2n) is 5.43. The van der Waals surface area contributed by atoms with E-state index in [4.69, 9.17) is 11.6 Å². The first kappa shape index (κ1) is 14.7. The molecule has 0 aromatic heterocycles. The number of hydrogen-bond donors (Lipinski definition) is 0. The van der Waals surface area contributed by atoms with Gasteiger partial charge in [0.1, 0.15) is 6.54 Å². The van der Waals surface area contributed by atoms with Crippen LogP contribution >= 0.6 is 11.6 Å². The van der Waals surface area contributed by atoms with E-state index in [0.717, 1.165) is 16.0 Å². The number of imide groups is 1. The highest BCUT2D eigenvalue weighted by Crippen LogP contribution is 2.22. The molecule has 1 atom stereocenters. The lowest BCUT2D eigenvalue weighted by Crippen LogP contribution is -2.61. The van der Waals surface area contributed by atoms with Gasteiger partial charge in [-0.2, -0.15) is 0 Å². The molecular formula is C15H16ClN4O2+. The van der Waals surface area contributed by atoms with Crippen LogP contribution in [0.15, 0.2) is 29.3 Å². The number of urea groups is 1. The fourth-order valence-electron chi connectivity index (χ4n) is 2.70. The molecule has 0 saturated carbocycles. The zero-order valence-electron chi connectivity index (χ0n) is 12.6. The zero-order chi connectivity index (χ0) is 16.0. The van der Waals surface area contributed by atoms with E-state index in [2.05, 4.69) is 4.99 Å². The summed E-state index contributed by atoms with van der Waals surface area (Å²) in [6, 6.07) is 6.84. The van der Waals surface area contributed by atoms with Crippen LogP contribution in [0.4, 0.5) is 4.79 Å². The number of aryl methyl sites for hydroxylation is 1. The number of rotatable bonds is 2. The molecule has 3 rings (SSSR count). The normalized spacial score (nSPS) is 21.5. The van der Waals surface area contributed by atoms with Crippen LogP contribution in [0.5, 0.6) is 0 Å². The van der Waals surface area contributed by atoms with E-state index in [1.807, 2.05) is 31.2 Å². The van der Waals surface area contributed by atoms with Crippen LogP contribution in [0.3, 0.4) is 0 Å². The van der Waals surface area contributed by atoms with Gasteiger partial charge in [-0.1, -0.05) is 24.3 Å². The minimum absolute atomic E-state index is 0.228. The number of aliphatic imine (C=N–C) groups is 1. The SMILES string of the molecule is Cc1ccccc1C[N+]1=C(Cl)N=C2C1C(=O)N(C)C(=O)N2C. The Hall–Kier alpha value is -2.21. The first-order valence-electron chi connectivity index (χ1n) is 6.89. The van der Waals surface area contributed by atoms with Crippen molar-refractivity contribution in [3.63, 3.8) is 0 Å². The Morgan fingerprint density at radius 2 is 1.91 bits per heavy atom. The molecule has 22 heavy (non-hydrogen) atoms. The fourth-order valence-corrected chi connectivity index (χ4v) is 2.94. The Labute approximate surface area is 133 Å². The van der Waals surface area contributed by atoms with Crippen molar-refractivity contribution in [2.45, 2.75) is 19.5 Å². The average molecular weight is 320 g/mol. The summed E-state index contributed by atoms with van der Waals surface area (Å²) < 4.78 is 1.72. The van der Waals surface area contributed by atoms with Gasteiger partial charge in [0.15, 0.2) is 0 Å². The van der Waals surface area contributed by atoms with Crippen molar-refractivity contribution in [3.05, 3.63) is 35.4 Å². The summed E-state index contributed by atoms with van der Waals surface area (Å²) in [4.78, 5) is 31.1. The van der Waals surface area contributed by atoms with Crippen LogP contribution in [-0.4, -0.2) is 57.6 Å². The Bertz CT molecular complexity index is 741. The number of hydrogen-bond acceptors (Lipinski definition) is 3.